The van der Waals surface area contributed by atoms with E-state index in [9.17, 15) is 0 Å². The van der Waals surface area contributed by atoms with Gasteiger partial charge in [0.1, 0.15) is 0 Å². The summed E-state index contributed by atoms with van der Waals surface area (Å²) in [5.41, 5.74) is 0. The molecule has 0 amide bonds. The van der Waals surface area contributed by atoms with E-state index in [-0.39, 0.29) is 24.8 Å². The summed E-state index contributed by atoms with van der Waals surface area (Å²) in [7, 11) is 0. The van der Waals surface area contributed by atoms with E-state index >= 15 is 0 Å². The van der Waals surface area contributed by atoms with Gasteiger partial charge >= 0.3 is 0 Å². The van der Waals surface area contributed by atoms with Crippen LogP contribution >= 0.6 is 24.8 Å². The second kappa shape index (κ2) is 6.83. The van der Waals surface area contributed by atoms with Crippen molar-refractivity contribution in [3.63, 3.8) is 0 Å². The Morgan fingerprint density at radius 1 is 0.700 bits per heavy atom. The minimum absolute atomic E-state index is 0. The maximum absolute atomic E-state index is 2.78. The van der Waals surface area contributed by atoms with Crippen molar-refractivity contribution in [2.45, 2.75) is 62.7 Å². The normalized spacial score (nSPS) is 38.6. The molecule has 2 nitrogen and oxygen atoms in total. The van der Waals surface area contributed by atoms with E-state index in [2.05, 4.69) is 34.1 Å². The van der Waals surface area contributed by atoms with Gasteiger partial charge < -0.3 is 0 Å². The fraction of sp³-hybridized carbons (Fsp3) is 0.750. The van der Waals surface area contributed by atoms with Gasteiger partial charge in [0.05, 0.1) is 0 Å². The van der Waals surface area contributed by atoms with Gasteiger partial charge in [-0.1, -0.05) is 24.3 Å². The molecule has 4 unspecified atom stereocenters. The van der Waals surface area contributed by atoms with Crippen molar-refractivity contribution < 1.29 is 0 Å². The Balaban J connectivity index is 0.000000735. The summed E-state index contributed by atoms with van der Waals surface area (Å²) in [6.45, 7) is 2.58. The van der Waals surface area contributed by atoms with Crippen LogP contribution in [-0.2, 0) is 0 Å². The molecule has 0 aromatic heterocycles. The summed E-state index contributed by atoms with van der Waals surface area (Å²) in [4.78, 5) is 5.55. The summed E-state index contributed by atoms with van der Waals surface area (Å²) in [5, 5.41) is 0. The summed E-state index contributed by atoms with van der Waals surface area (Å²) >= 11 is 0. The van der Waals surface area contributed by atoms with Gasteiger partial charge in [-0.3, -0.25) is 9.80 Å². The lowest BCUT2D eigenvalue weighted by Crippen LogP contribution is -2.46. The minimum atomic E-state index is 0. The fourth-order valence-electron chi connectivity index (χ4n) is 4.56. The van der Waals surface area contributed by atoms with Gasteiger partial charge in [0.15, 0.2) is 0 Å². The number of hydrogen-bond donors (Lipinski definition) is 0. The molecular formula is C16H26Cl2N2. The number of fused-ring (bicyclic) bond motifs is 4. The van der Waals surface area contributed by atoms with Crippen molar-refractivity contribution in [3.05, 3.63) is 24.3 Å². The van der Waals surface area contributed by atoms with Gasteiger partial charge in [0.2, 0.25) is 0 Å². The lowest BCUT2D eigenvalue weighted by molar-refractivity contribution is 0.142. The number of nitrogens with zero attached hydrogens (tertiary/aromatic N) is 2. The van der Waals surface area contributed by atoms with E-state index in [4.69, 9.17) is 0 Å². The molecule has 0 aromatic carbocycles. The zero-order valence-electron chi connectivity index (χ0n) is 12.0. The molecule has 0 saturated carbocycles. The van der Waals surface area contributed by atoms with Crippen molar-refractivity contribution in [1.29, 1.82) is 0 Å². The van der Waals surface area contributed by atoms with Gasteiger partial charge in [0, 0.05) is 37.3 Å². The number of rotatable bonds is 3. The Morgan fingerprint density at radius 2 is 1.15 bits per heavy atom. The molecule has 2 fully saturated rings. The zero-order chi connectivity index (χ0) is 11.9. The first kappa shape index (κ1) is 16.4. The Morgan fingerprint density at radius 3 is 1.55 bits per heavy atom. The van der Waals surface area contributed by atoms with Crippen LogP contribution in [0.15, 0.2) is 24.3 Å². The maximum Gasteiger partial charge on any atom is 0.0282 e. The first-order chi connectivity index (χ1) is 8.92. The summed E-state index contributed by atoms with van der Waals surface area (Å²) < 4.78 is 0. The molecule has 20 heavy (non-hydrogen) atoms. The standard InChI is InChI=1S/C16H24N2.2ClH/c1-3-13-7-8-14(4-1)17(13)11-12-18-15-5-2-6-16(18)10-9-15;;/h1-3,5,13-16H,4,6-12H2;2*1H. The molecule has 2 saturated heterocycles. The van der Waals surface area contributed by atoms with Crippen molar-refractivity contribution in [2.24, 2.45) is 0 Å². The second-order valence-electron chi connectivity index (χ2n) is 6.40. The number of halogens is 2. The highest BCUT2D eigenvalue weighted by atomic mass is 35.5. The van der Waals surface area contributed by atoms with Gasteiger partial charge in [-0.25, -0.2) is 0 Å². The highest BCUT2D eigenvalue weighted by molar-refractivity contribution is 5.85. The van der Waals surface area contributed by atoms with Crippen LogP contribution in [0.1, 0.15) is 38.5 Å². The second-order valence-corrected chi connectivity index (χ2v) is 6.40. The molecule has 4 heterocycles. The van der Waals surface area contributed by atoms with E-state index in [1.54, 1.807) is 0 Å². The monoisotopic (exact) mass is 316 g/mol. The third kappa shape index (κ3) is 2.81. The van der Waals surface area contributed by atoms with Crippen molar-refractivity contribution in [3.8, 4) is 0 Å². The summed E-state index contributed by atoms with van der Waals surface area (Å²) in [5.74, 6) is 0. The fourth-order valence-corrected chi connectivity index (χ4v) is 4.56. The van der Waals surface area contributed by atoms with Crippen LogP contribution in [-0.4, -0.2) is 47.1 Å². The minimum Gasteiger partial charge on any atom is -0.292 e. The molecular weight excluding hydrogens is 291 g/mol. The predicted molar refractivity (Wildman–Crippen MR) is 89.0 cm³/mol. The lowest BCUT2D eigenvalue weighted by Gasteiger charge is -2.36. The van der Waals surface area contributed by atoms with Crippen molar-refractivity contribution in [2.75, 3.05) is 13.1 Å². The van der Waals surface area contributed by atoms with E-state index in [1.165, 1.54) is 51.6 Å². The largest absolute Gasteiger partial charge is 0.292 e. The van der Waals surface area contributed by atoms with E-state index in [1.807, 2.05) is 0 Å². The Bertz CT molecular complexity index is 347. The van der Waals surface area contributed by atoms with Crippen LogP contribution < -0.4 is 0 Å². The smallest absolute Gasteiger partial charge is 0.0282 e. The number of hydrogen-bond acceptors (Lipinski definition) is 2. The van der Waals surface area contributed by atoms with E-state index < -0.39 is 0 Å². The molecule has 4 rings (SSSR count). The summed E-state index contributed by atoms with van der Waals surface area (Å²) in [6, 6.07) is 3.25. The molecule has 0 aromatic rings. The van der Waals surface area contributed by atoms with E-state index in [0.717, 1.165) is 24.2 Å². The SMILES string of the molecule is C1=CC2CCC(C1)N2CCN1C2C=CCC1CC2.Cl.Cl. The average Bonchev–Trinajstić information content (AvgIpc) is 2.74. The van der Waals surface area contributed by atoms with Crippen LogP contribution in [0.5, 0.6) is 0 Å². The molecule has 0 radical (unpaired) electrons. The van der Waals surface area contributed by atoms with Gasteiger partial charge in [0.25, 0.3) is 0 Å². The lowest BCUT2D eigenvalue weighted by atomic mass is 10.1. The van der Waals surface area contributed by atoms with Crippen LogP contribution in [0.25, 0.3) is 0 Å². The zero-order valence-corrected chi connectivity index (χ0v) is 13.6. The topological polar surface area (TPSA) is 6.48 Å². The highest BCUT2D eigenvalue weighted by Crippen LogP contribution is 2.34. The van der Waals surface area contributed by atoms with Crippen molar-refractivity contribution in [1.82, 2.24) is 9.80 Å². The molecule has 4 aliphatic heterocycles. The molecule has 4 aliphatic rings. The Labute approximate surface area is 135 Å². The first-order valence-electron chi connectivity index (χ1n) is 7.76. The predicted octanol–water partition coefficient (Wildman–Crippen LogP) is 3.42. The first-order valence-corrected chi connectivity index (χ1v) is 7.76. The molecule has 0 N–H and O–H groups in total. The molecule has 4 atom stereocenters. The quantitative estimate of drug-likeness (QED) is 0.736. The van der Waals surface area contributed by atoms with Crippen LogP contribution in [0.2, 0.25) is 0 Å². The molecule has 114 valence electrons. The van der Waals surface area contributed by atoms with Crippen LogP contribution in [0.3, 0.4) is 0 Å². The Kier molecular flexibility index (Phi) is 5.58. The molecule has 4 bridgehead atoms. The van der Waals surface area contributed by atoms with Gasteiger partial charge in [-0.15, -0.1) is 24.8 Å². The van der Waals surface area contributed by atoms with Gasteiger partial charge in [-0.2, -0.15) is 0 Å². The Hall–Kier alpha value is -0.0200. The highest BCUT2D eigenvalue weighted by Gasteiger charge is 2.37. The van der Waals surface area contributed by atoms with Crippen LogP contribution in [0.4, 0.5) is 0 Å². The maximum atomic E-state index is 2.78. The third-order valence-electron chi connectivity index (χ3n) is 5.53. The van der Waals surface area contributed by atoms with E-state index in [0.29, 0.717) is 0 Å². The molecule has 0 spiro atoms. The van der Waals surface area contributed by atoms with Crippen LogP contribution in [0, 0.1) is 0 Å². The third-order valence-corrected chi connectivity index (χ3v) is 5.53. The summed E-state index contributed by atoms with van der Waals surface area (Å²) in [6.07, 6.45) is 17.9. The van der Waals surface area contributed by atoms with Gasteiger partial charge in [-0.05, 0) is 38.5 Å². The van der Waals surface area contributed by atoms with Crippen molar-refractivity contribution >= 4 is 24.8 Å². The molecule has 4 heteroatoms. The average molecular weight is 317 g/mol. The molecule has 0 aliphatic carbocycles.